The lowest BCUT2D eigenvalue weighted by Gasteiger charge is -2.47. The normalized spacial score (nSPS) is 30.9. The van der Waals surface area contributed by atoms with Crippen molar-refractivity contribution in [2.24, 2.45) is 11.8 Å². The molecule has 0 bridgehead atoms. The highest BCUT2D eigenvalue weighted by Gasteiger charge is 2.53. The topological polar surface area (TPSA) is 79.9 Å². The minimum Gasteiger partial charge on any atom is -0.403 e. The average molecular weight is 492 g/mol. The van der Waals surface area contributed by atoms with Gasteiger partial charge in [-0.1, -0.05) is 12.8 Å². The summed E-state index contributed by atoms with van der Waals surface area (Å²) in [7, 11) is -0.230. The van der Waals surface area contributed by atoms with Crippen molar-refractivity contribution >= 4 is 18.9 Å². The Balaban J connectivity index is 1.75. The lowest BCUT2D eigenvalue weighted by molar-refractivity contribution is -0.139. The fourth-order valence-corrected chi connectivity index (χ4v) is 6.10. The third-order valence-electron chi connectivity index (χ3n) is 8.63. The fourth-order valence-electron chi connectivity index (χ4n) is 6.10. The molecule has 0 aromatic heterocycles. The first-order valence-corrected chi connectivity index (χ1v) is 13.8. The first-order chi connectivity index (χ1) is 16.1. The molecule has 3 fully saturated rings. The Kier molecular flexibility index (Phi) is 8.70. The van der Waals surface area contributed by atoms with E-state index in [-0.39, 0.29) is 41.6 Å². The SMILES string of the molecule is CC(=O)NC1(C(=O)NC(C)(C)C)CC(CCB2OC(C)(C)C(C)(C)O2)CCC1CCN1CCCC1. The molecule has 200 valence electrons. The molecule has 2 aliphatic heterocycles. The summed E-state index contributed by atoms with van der Waals surface area (Å²) >= 11 is 0. The second-order valence-electron chi connectivity index (χ2n) is 13.3. The number of carbonyl (C=O) groups is 2. The zero-order chi connectivity index (χ0) is 26.1. The van der Waals surface area contributed by atoms with Crippen molar-refractivity contribution in [3.05, 3.63) is 0 Å². The third-order valence-corrected chi connectivity index (χ3v) is 8.63. The molecule has 0 spiro atoms. The van der Waals surface area contributed by atoms with Crippen molar-refractivity contribution in [2.75, 3.05) is 19.6 Å². The van der Waals surface area contributed by atoms with E-state index in [0.717, 1.165) is 51.6 Å². The van der Waals surface area contributed by atoms with Gasteiger partial charge in [-0.15, -0.1) is 0 Å². The second kappa shape index (κ2) is 10.7. The summed E-state index contributed by atoms with van der Waals surface area (Å²) in [6.45, 7) is 19.2. The van der Waals surface area contributed by atoms with Crippen LogP contribution in [-0.4, -0.2) is 65.7 Å². The van der Waals surface area contributed by atoms with Gasteiger partial charge in [0, 0.05) is 12.5 Å². The molecule has 2 N–H and O–H groups in total. The van der Waals surface area contributed by atoms with Gasteiger partial charge in [-0.05, 0) is 118 Å². The van der Waals surface area contributed by atoms with Crippen LogP contribution in [0.5, 0.6) is 0 Å². The van der Waals surface area contributed by atoms with Gasteiger partial charge in [-0.3, -0.25) is 9.59 Å². The molecule has 7 nitrogen and oxygen atoms in total. The minimum absolute atomic E-state index is 0.0352. The predicted molar refractivity (Wildman–Crippen MR) is 141 cm³/mol. The number of nitrogens with one attached hydrogen (secondary N) is 2. The standard InChI is InChI=1S/C27H50BN3O4/c1-20(32)29-27(23(33)30-24(2,3)4)19-21(11-12-22(27)14-18-31-16-9-10-17-31)13-15-28-34-25(5,6)26(7,8)35-28/h21-22H,9-19H2,1-8H3,(H,29,32)(H,30,33). The zero-order valence-electron chi connectivity index (χ0n) is 23.6. The summed E-state index contributed by atoms with van der Waals surface area (Å²) in [4.78, 5) is 28.8. The molecule has 8 heteroatoms. The number of carbonyl (C=O) groups excluding carboxylic acids is 2. The molecule has 1 aliphatic carbocycles. The zero-order valence-corrected chi connectivity index (χ0v) is 23.6. The summed E-state index contributed by atoms with van der Waals surface area (Å²) < 4.78 is 12.4. The lowest BCUT2D eigenvalue weighted by atomic mass is 9.64. The fraction of sp³-hybridized carbons (Fsp3) is 0.926. The molecule has 2 saturated heterocycles. The van der Waals surface area contributed by atoms with Crippen LogP contribution in [0.3, 0.4) is 0 Å². The Bertz CT molecular complexity index is 744. The van der Waals surface area contributed by atoms with Crippen LogP contribution < -0.4 is 10.6 Å². The molecule has 3 atom stereocenters. The lowest BCUT2D eigenvalue weighted by Crippen LogP contribution is -2.67. The van der Waals surface area contributed by atoms with Crippen molar-refractivity contribution < 1.29 is 18.9 Å². The molecular formula is C27H50BN3O4. The maximum Gasteiger partial charge on any atom is 0.457 e. The number of hydrogen-bond acceptors (Lipinski definition) is 5. The van der Waals surface area contributed by atoms with Crippen LogP contribution in [0.15, 0.2) is 0 Å². The summed E-state index contributed by atoms with van der Waals surface area (Å²) in [5.74, 6) is 0.288. The average Bonchev–Trinajstić information content (AvgIpc) is 3.29. The summed E-state index contributed by atoms with van der Waals surface area (Å²) in [5, 5.41) is 6.41. The largest absolute Gasteiger partial charge is 0.457 e. The van der Waals surface area contributed by atoms with Gasteiger partial charge in [0.1, 0.15) is 5.54 Å². The van der Waals surface area contributed by atoms with Crippen LogP contribution in [0.4, 0.5) is 0 Å². The molecule has 1 saturated carbocycles. The number of hydrogen-bond donors (Lipinski definition) is 2. The van der Waals surface area contributed by atoms with E-state index < -0.39 is 5.54 Å². The Morgan fingerprint density at radius 2 is 1.60 bits per heavy atom. The monoisotopic (exact) mass is 491 g/mol. The van der Waals surface area contributed by atoms with Gasteiger partial charge >= 0.3 is 7.12 Å². The van der Waals surface area contributed by atoms with E-state index in [0.29, 0.717) is 12.3 Å². The van der Waals surface area contributed by atoms with E-state index >= 15 is 0 Å². The second-order valence-corrected chi connectivity index (χ2v) is 13.3. The number of nitrogens with zero attached hydrogens (tertiary/aromatic N) is 1. The summed E-state index contributed by atoms with van der Waals surface area (Å²) in [6.07, 6.45) is 7.83. The van der Waals surface area contributed by atoms with E-state index in [2.05, 4.69) is 43.2 Å². The first-order valence-electron chi connectivity index (χ1n) is 13.8. The molecule has 35 heavy (non-hydrogen) atoms. The molecule has 3 aliphatic rings. The van der Waals surface area contributed by atoms with Crippen LogP contribution in [0.1, 0.15) is 100 Å². The van der Waals surface area contributed by atoms with Crippen molar-refractivity contribution in [1.29, 1.82) is 0 Å². The van der Waals surface area contributed by atoms with Crippen LogP contribution in [0.25, 0.3) is 0 Å². The molecule has 0 aromatic rings. The quantitative estimate of drug-likeness (QED) is 0.499. The molecule has 2 amide bonds. The Morgan fingerprint density at radius 3 is 2.14 bits per heavy atom. The molecular weight excluding hydrogens is 441 g/mol. The highest BCUT2D eigenvalue weighted by Crippen LogP contribution is 2.44. The smallest absolute Gasteiger partial charge is 0.403 e. The van der Waals surface area contributed by atoms with Gasteiger partial charge in [0.25, 0.3) is 0 Å². The maximum atomic E-state index is 13.9. The highest BCUT2D eigenvalue weighted by atomic mass is 16.7. The van der Waals surface area contributed by atoms with Gasteiger partial charge in [0.05, 0.1) is 11.2 Å². The van der Waals surface area contributed by atoms with Crippen molar-refractivity contribution in [1.82, 2.24) is 15.5 Å². The van der Waals surface area contributed by atoms with Gasteiger partial charge < -0.3 is 24.8 Å². The van der Waals surface area contributed by atoms with Crippen LogP contribution in [-0.2, 0) is 18.9 Å². The number of amides is 2. The number of likely N-dealkylation sites (tertiary alicyclic amines) is 1. The van der Waals surface area contributed by atoms with E-state index in [1.165, 1.54) is 19.8 Å². The van der Waals surface area contributed by atoms with E-state index in [4.69, 9.17) is 9.31 Å². The third kappa shape index (κ3) is 7.01. The number of rotatable bonds is 8. The molecule has 0 radical (unpaired) electrons. The Hall–Kier alpha value is -1.12. The summed E-state index contributed by atoms with van der Waals surface area (Å²) in [5.41, 5.74) is -1.91. The van der Waals surface area contributed by atoms with E-state index in [1.54, 1.807) is 0 Å². The molecule has 3 unspecified atom stereocenters. The van der Waals surface area contributed by atoms with Crippen LogP contribution in [0.2, 0.25) is 6.32 Å². The first kappa shape index (κ1) is 28.5. The predicted octanol–water partition coefficient (Wildman–Crippen LogP) is 4.16. The van der Waals surface area contributed by atoms with Crippen molar-refractivity contribution in [3.63, 3.8) is 0 Å². The summed E-state index contributed by atoms with van der Waals surface area (Å²) in [6, 6.07) is 0. The van der Waals surface area contributed by atoms with Crippen molar-refractivity contribution in [3.8, 4) is 0 Å². The van der Waals surface area contributed by atoms with Crippen LogP contribution in [0, 0.1) is 11.8 Å². The highest BCUT2D eigenvalue weighted by molar-refractivity contribution is 6.45. The van der Waals surface area contributed by atoms with Gasteiger partial charge in [0.2, 0.25) is 11.8 Å². The van der Waals surface area contributed by atoms with Gasteiger partial charge in [0.15, 0.2) is 0 Å². The van der Waals surface area contributed by atoms with Crippen LogP contribution >= 0.6 is 0 Å². The van der Waals surface area contributed by atoms with E-state index in [1.807, 2.05) is 20.8 Å². The Morgan fingerprint density at radius 1 is 1.00 bits per heavy atom. The molecule has 2 heterocycles. The van der Waals surface area contributed by atoms with Crippen molar-refractivity contribution in [2.45, 2.75) is 129 Å². The molecule has 3 rings (SSSR count). The molecule has 0 aromatic carbocycles. The Labute approximate surface area is 214 Å². The van der Waals surface area contributed by atoms with Gasteiger partial charge in [-0.25, -0.2) is 0 Å². The van der Waals surface area contributed by atoms with E-state index in [9.17, 15) is 9.59 Å². The maximum absolute atomic E-state index is 13.9. The minimum atomic E-state index is -0.877. The van der Waals surface area contributed by atoms with Gasteiger partial charge in [-0.2, -0.15) is 0 Å².